The van der Waals surface area contributed by atoms with Gasteiger partial charge >= 0.3 is 0 Å². The molecule has 0 unspecified atom stereocenters. The van der Waals surface area contributed by atoms with Crippen molar-refractivity contribution >= 4 is 16.7 Å². The zero-order chi connectivity index (χ0) is 17.4. The van der Waals surface area contributed by atoms with Crippen molar-refractivity contribution in [3.05, 3.63) is 83.0 Å². The highest BCUT2D eigenvalue weighted by molar-refractivity contribution is 5.84. The third-order valence-corrected chi connectivity index (χ3v) is 4.14. The molecule has 0 aliphatic heterocycles. The minimum absolute atomic E-state index is 0.155. The second-order valence-corrected chi connectivity index (χ2v) is 5.81. The van der Waals surface area contributed by atoms with E-state index in [2.05, 4.69) is 0 Å². The number of hydrogen-bond acceptors (Lipinski definition) is 4. The van der Waals surface area contributed by atoms with Crippen LogP contribution in [0.1, 0.15) is 0 Å². The van der Waals surface area contributed by atoms with Crippen molar-refractivity contribution in [3.63, 3.8) is 0 Å². The lowest BCUT2D eigenvalue weighted by atomic mass is 10.0. The first-order valence-electron chi connectivity index (χ1n) is 7.84. The summed E-state index contributed by atoms with van der Waals surface area (Å²) in [6.07, 6.45) is 0. The molecular formula is C21H15NO3. The largest absolute Gasteiger partial charge is 0.502 e. The maximum absolute atomic E-state index is 12.4. The minimum Gasteiger partial charge on any atom is -0.502 e. The van der Waals surface area contributed by atoms with Gasteiger partial charge in [-0.1, -0.05) is 54.6 Å². The standard InChI is InChI=1S/C21H15NO3/c22-16-10-11-18-17(12-16)19(23)20(24)21(25-18)15-8-6-14(7-9-15)13-4-2-1-3-5-13/h1-12,24H,22H2. The number of nitrogens with two attached hydrogens (primary N) is 1. The molecular weight excluding hydrogens is 314 g/mol. The first-order chi connectivity index (χ1) is 12.1. The molecule has 0 fully saturated rings. The van der Waals surface area contributed by atoms with E-state index in [1.165, 1.54) is 6.07 Å². The van der Waals surface area contributed by atoms with Gasteiger partial charge in [0.1, 0.15) is 5.58 Å². The van der Waals surface area contributed by atoms with E-state index in [1.807, 2.05) is 54.6 Å². The fraction of sp³-hybridized carbons (Fsp3) is 0. The Hall–Kier alpha value is -3.53. The molecule has 0 saturated heterocycles. The highest BCUT2D eigenvalue weighted by atomic mass is 16.4. The Kier molecular flexibility index (Phi) is 3.51. The van der Waals surface area contributed by atoms with Crippen LogP contribution in [0.3, 0.4) is 0 Å². The highest BCUT2D eigenvalue weighted by Gasteiger charge is 2.15. The first-order valence-corrected chi connectivity index (χ1v) is 7.84. The molecule has 0 atom stereocenters. The van der Waals surface area contributed by atoms with Crippen LogP contribution in [0.5, 0.6) is 5.75 Å². The summed E-state index contributed by atoms with van der Waals surface area (Å²) in [5.41, 5.74) is 8.81. The van der Waals surface area contributed by atoms with E-state index in [0.29, 0.717) is 16.8 Å². The van der Waals surface area contributed by atoms with Crippen LogP contribution < -0.4 is 11.2 Å². The molecule has 4 heteroatoms. The molecule has 4 rings (SSSR count). The molecule has 0 aliphatic rings. The van der Waals surface area contributed by atoms with Gasteiger partial charge in [-0.05, 0) is 29.3 Å². The monoisotopic (exact) mass is 329 g/mol. The van der Waals surface area contributed by atoms with Crippen LogP contribution in [-0.4, -0.2) is 5.11 Å². The predicted molar refractivity (Wildman–Crippen MR) is 99.4 cm³/mol. The molecule has 4 nitrogen and oxygen atoms in total. The average molecular weight is 329 g/mol. The lowest BCUT2D eigenvalue weighted by molar-refractivity contribution is 0.449. The van der Waals surface area contributed by atoms with Crippen molar-refractivity contribution in [1.29, 1.82) is 0 Å². The summed E-state index contributed by atoms with van der Waals surface area (Å²) in [5, 5.41) is 10.5. The Labute approximate surface area is 143 Å². The summed E-state index contributed by atoms with van der Waals surface area (Å²) in [6, 6.07) is 22.3. The van der Waals surface area contributed by atoms with Crippen molar-refractivity contribution in [2.24, 2.45) is 0 Å². The number of hydrogen-bond donors (Lipinski definition) is 2. The van der Waals surface area contributed by atoms with Gasteiger partial charge in [-0.3, -0.25) is 4.79 Å². The Bertz CT molecular complexity index is 1110. The van der Waals surface area contributed by atoms with Crippen LogP contribution >= 0.6 is 0 Å². The second-order valence-electron chi connectivity index (χ2n) is 5.81. The SMILES string of the molecule is Nc1ccc2oc(-c3ccc(-c4ccccc4)cc3)c(O)c(=O)c2c1. The van der Waals surface area contributed by atoms with Gasteiger partial charge in [0.05, 0.1) is 5.39 Å². The van der Waals surface area contributed by atoms with Gasteiger partial charge in [0, 0.05) is 11.3 Å². The van der Waals surface area contributed by atoms with Crippen LogP contribution in [0.4, 0.5) is 5.69 Å². The topological polar surface area (TPSA) is 76.5 Å². The van der Waals surface area contributed by atoms with Crippen LogP contribution in [0, 0.1) is 0 Å². The summed E-state index contributed by atoms with van der Waals surface area (Å²) < 4.78 is 5.75. The third-order valence-electron chi connectivity index (χ3n) is 4.14. The Morgan fingerprint density at radius 1 is 0.800 bits per heavy atom. The summed E-state index contributed by atoms with van der Waals surface area (Å²) in [7, 11) is 0. The molecule has 3 N–H and O–H groups in total. The number of fused-ring (bicyclic) bond motifs is 1. The van der Waals surface area contributed by atoms with E-state index < -0.39 is 11.2 Å². The van der Waals surface area contributed by atoms with Gasteiger partial charge in [-0.2, -0.15) is 0 Å². The Morgan fingerprint density at radius 2 is 1.44 bits per heavy atom. The van der Waals surface area contributed by atoms with Crippen LogP contribution in [0.25, 0.3) is 33.4 Å². The van der Waals surface area contributed by atoms with Crippen LogP contribution in [0.15, 0.2) is 82.0 Å². The lowest BCUT2D eigenvalue weighted by Crippen LogP contribution is -2.03. The third kappa shape index (κ3) is 2.64. The van der Waals surface area contributed by atoms with Gasteiger partial charge in [0.25, 0.3) is 0 Å². The van der Waals surface area contributed by atoms with E-state index in [0.717, 1.165) is 11.1 Å². The van der Waals surface area contributed by atoms with Crippen molar-refractivity contribution < 1.29 is 9.52 Å². The maximum Gasteiger partial charge on any atom is 0.235 e. The fourth-order valence-electron chi connectivity index (χ4n) is 2.84. The number of nitrogen functional groups attached to an aromatic ring is 1. The number of benzene rings is 3. The van der Waals surface area contributed by atoms with Crippen LogP contribution in [0.2, 0.25) is 0 Å². The van der Waals surface area contributed by atoms with E-state index in [1.54, 1.807) is 12.1 Å². The molecule has 0 saturated carbocycles. The molecule has 0 aliphatic carbocycles. The van der Waals surface area contributed by atoms with E-state index in [4.69, 9.17) is 10.2 Å². The number of rotatable bonds is 2. The van der Waals surface area contributed by atoms with Gasteiger partial charge in [0.2, 0.25) is 11.2 Å². The summed E-state index contributed by atoms with van der Waals surface area (Å²) in [6.45, 7) is 0. The molecule has 0 radical (unpaired) electrons. The zero-order valence-electron chi connectivity index (χ0n) is 13.3. The molecule has 0 amide bonds. The van der Waals surface area contributed by atoms with Crippen molar-refractivity contribution in [2.75, 3.05) is 5.73 Å². The Balaban J connectivity index is 1.83. The van der Waals surface area contributed by atoms with E-state index in [9.17, 15) is 9.90 Å². The van der Waals surface area contributed by atoms with Gasteiger partial charge in [-0.15, -0.1) is 0 Å². The number of aromatic hydroxyl groups is 1. The highest BCUT2D eigenvalue weighted by Crippen LogP contribution is 2.32. The van der Waals surface area contributed by atoms with Crippen molar-refractivity contribution in [2.45, 2.75) is 0 Å². The molecule has 1 aromatic heterocycles. The Morgan fingerprint density at radius 3 is 2.16 bits per heavy atom. The normalized spacial score (nSPS) is 10.9. The summed E-state index contributed by atoms with van der Waals surface area (Å²) >= 11 is 0. The smallest absolute Gasteiger partial charge is 0.235 e. The maximum atomic E-state index is 12.4. The minimum atomic E-state index is -0.490. The molecule has 0 bridgehead atoms. The molecule has 122 valence electrons. The van der Waals surface area contributed by atoms with Crippen molar-refractivity contribution in [1.82, 2.24) is 0 Å². The molecule has 1 heterocycles. The summed E-state index contributed by atoms with van der Waals surface area (Å²) in [5.74, 6) is -0.257. The molecule has 4 aromatic rings. The van der Waals surface area contributed by atoms with Gasteiger partial charge < -0.3 is 15.3 Å². The molecule has 3 aromatic carbocycles. The lowest BCUT2D eigenvalue weighted by Gasteiger charge is -2.08. The van der Waals surface area contributed by atoms with E-state index >= 15 is 0 Å². The fourth-order valence-corrected chi connectivity index (χ4v) is 2.84. The predicted octanol–water partition coefficient (Wildman–Crippen LogP) is 4.41. The zero-order valence-corrected chi connectivity index (χ0v) is 13.3. The second kappa shape index (κ2) is 5.83. The van der Waals surface area contributed by atoms with E-state index in [-0.39, 0.29) is 11.1 Å². The van der Waals surface area contributed by atoms with Crippen LogP contribution in [-0.2, 0) is 0 Å². The van der Waals surface area contributed by atoms with Gasteiger partial charge in [-0.25, -0.2) is 0 Å². The number of anilines is 1. The first kappa shape index (κ1) is 15.0. The van der Waals surface area contributed by atoms with Crippen molar-refractivity contribution in [3.8, 4) is 28.2 Å². The molecule has 25 heavy (non-hydrogen) atoms. The van der Waals surface area contributed by atoms with Gasteiger partial charge in [0.15, 0.2) is 5.76 Å². The summed E-state index contributed by atoms with van der Waals surface area (Å²) in [4.78, 5) is 12.4. The average Bonchev–Trinajstić information content (AvgIpc) is 2.66. The molecule has 0 spiro atoms. The quantitative estimate of drug-likeness (QED) is 0.534.